The molecule has 1 heterocycles. The van der Waals surface area contributed by atoms with Gasteiger partial charge in [-0.15, -0.1) is 0 Å². The van der Waals surface area contributed by atoms with E-state index in [1.54, 1.807) is 20.8 Å². The quantitative estimate of drug-likeness (QED) is 0.618. The first-order valence-corrected chi connectivity index (χ1v) is 7.31. The summed E-state index contributed by atoms with van der Waals surface area (Å²) in [5, 5.41) is 5.04. The number of halogens is 4. The summed E-state index contributed by atoms with van der Waals surface area (Å²) in [6.07, 6.45) is -4.55. The Balaban J connectivity index is 2.39. The SMILES string of the molecule is CC(C)(C)OC(=O)NCCCNc1cc(C(F)(F)F)cc(Cl)n1. The molecule has 9 heteroatoms. The van der Waals surface area contributed by atoms with Crippen LogP contribution in [0.3, 0.4) is 0 Å². The molecule has 2 N–H and O–H groups in total. The lowest BCUT2D eigenvalue weighted by Crippen LogP contribution is -2.33. The van der Waals surface area contributed by atoms with Crippen molar-refractivity contribution in [2.75, 3.05) is 18.4 Å². The van der Waals surface area contributed by atoms with Gasteiger partial charge in [0.25, 0.3) is 0 Å². The number of alkyl carbamates (subject to hydrolysis) is 1. The summed E-state index contributed by atoms with van der Waals surface area (Å²) in [5.74, 6) is 0.0297. The van der Waals surface area contributed by atoms with Crippen LogP contribution in [-0.4, -0.2) is 29.8 Å². The van der Waals surface area contributed by atoms with Crippen molar-refractivity contribution in [2.24, 2.45) is 0 Å². The highest BCUT2D eigenvalue weighted by Crippen LogP contribution is 2.31. The zero-order valence-electron chi connectivity index (χ0n) is 13.1. The second-order valence-electron chi connectivity index (χ2n) is 5.77. The van der Waals surface area contributed by atoms with Crippen LogP contribution in [0.2, 0.25) is 5.15 Å². The first-order valence-electron chi connectivity index (χ1n) is 6.93. The van der Waals surface area contributed by atoms with Crippen molar-refractivity contribution >= 4 is 23.5 Å². The van der Waals surface area contributed by atoms with E-state index in [1.807, 2.05) is 0 Å². The molecule has 0 aliphatic rings. The number of ether oxygens (including phenoxy) is 1. The Bertz CT molecular complexity index is 545. The molecular formula is C14H19ClF3N3O2. The molecule has 0 spiro atoms. The van der Waals surface area contributed by atoms with Gasteiger partial charge in [-0.3, -0.25) is 0 Å². The van der Waals surface area contributed by atoms with Crippen LogP contribution in [0, 0.1) is 0 Å². The third kappa shape index (κ3) is 7.92. The number of nitrogens with zero attached hydrogens (tertiary/aromatic N) is 1. The van der Waals surface area contributed by atoms with Gasteiger partial charge in [0.15, 0.2) is 0 Å². The van der Waals surface area contributed by atoms with Crippen LogP contribution in [0.5, 0.6) is 0 Å². The number of amides is 1. The van der Waals surface area contributed by atoms with E-state index in [0.717, 1.165) is 12.1 Å². The van der Waals surface area contributed by atoms with Gasteiger partial charge in [-0.25, -0.2) is 9.78 Å². The molecule has 23 heavy (non-hydrogen) atoms. The first kappa shape index (κ1) is 19.3. The van der Waals surface area contributed by atoms with Gasteiger partial charge < -0.3 is 15.4 Å². The number of aromatic nitrogens is 1. The Hall–Kier alpha value is -1.70. The van der Waals surface area contributed by atoms with E-state index in [-0.39, 0.29) is 11.0 Å². The second kappa shape index (κ2) is 7.72. The summed E-state index contributed by atoms with van der Waals surface area (Å²) in [6.45, 7) is 5.88. The summed E-state index contributed by atoms with van der Waals surface area (Å²) < 4.78 is 43.0. The monoisotopic (exact) mass is 353 g/mol. The zero-order chi connectivity index (χ0) is 17.7. The Morgan fingerprint density at radius 1 is 1.26 bits per heavy atom. The fourth-order valence-electron chi connectivity index (χ4n) is 1.56. The van der Waals surface area contributed by atoms with E-state index in [4.69, 9.17) is 16.3 Å². The molecule has 1 amide bonds. The van der Waals surface area contributed by atoms with Gasteiger partial charge in [-0.05, 0) is 39.3 Å². The van der Waals surface area contributed by atoms with Crippen molar-refractivity contribution in [1.29, 1.82) is 0 Å². The van der Waals surface area contributed by atoms with Crippen molar-refractivity contribution in [1.82, 2.24) is 10.3 Å². The number of hydrogen-bond acceptors (Lipinski definition) is 4. The summed E-state index contributed by atoms with van der Waals surface area (Å²) in [4.78, 5) is 15.2. The first-order chi connectivity index (χ1) is 10.5. The number of hydrogen-bond donors (Lipinski definition) is 2. The van der Waals surface area contributed by atoms with Crippen LogP contribution in [0.25, 0.3) is 0 Å². The van der Waals surface area contributed by atoms with Gasteiger partial charge in [0.05, 0.1) is 5.56 Å². The van der Waals surface area contributed by atoms with Crippen molar-refractivity contribution in [2.45, 2.75) is 39.0 Å². The van der Waals surface area contributed by atoms with Gasteiger partial charge in [0, 0.05) is 13.1 Å². The lowest BCUT2D eigenvalue weighted by atomic mass is 10.2. The molecule has 0 radical (unpaired) electrons. The topological polar surface area (TPSA) is 63.2 Å². The Kier molecular flexibility index (Phi) is 6.49. The molecule has 0 aromatic carbocycles. The number of anilines is 1. The second-order valence-corrected chi connectivity index (χ2v) is 6.16. The molecule has 0 aliphatic carbocycles. The van der Waals surface area contributed by atoms with Crippen molar-refractivity contribution in [3.05, 3.63) is 22.8 Å². The molecule has 1 rings (SSSR count). The third-order valence-electron chi connectivity index (χ3n) is 2.45. The number of nitrogens with one attached hydrogen (secondary N) is 2. The third-order valence-corrected chi connectivity index (χ3v) is 2.64. The average Bonchev–Trinajstić information content (AvgIpc) is 2.34. The maximum atomic E-state index is 12.6. The largest absolute Gasteiger partial charge is 0.444 e. The van der Waals surface area contributed by atoms with Gasteiger partial charge in [0.2, 0.25) is 0 Å². The fraction of sp³-hybridized carbons (Fsp3) is 0.571. The van der Waals surface area contributed by atoms with Crippen LogP contribution < -0.4 is 10.6 Å². The highest BCUT2D eigenvalue weighted by atomic mass is 35.5. The minimum atomic E-state index is -4.48. The highest BCUT2D eigenvalue weighted by Gasteiger charge is 2.31. The minimum Gasteiger partial charge on any atom is -0.444 e. The lowest BCUT2D eigenvalue weighted by Gasteiger charge is -2.19. The van der Waals surface area contributed by atoms with Crippen LogP contribution in [0.1, 0.15) is 32.8 Å². The van der Waals surface area contributed by atoms with Crippen LogP contribution >= 0.6 is 11.6 Å². The number of alkyl halides is 3. The van der Waals surface area contributed by atoms with E-state index >= 15 is 0 Å². The molecule has 1 aromatic rings. The van der Waals surface area contributed by atoms with Crippen LogP contribution in [0.15, 0.2) is 12.1 Å². The standard InChI is InChI=1S/C14H19ClF3N3O2/c1-13(2,3)23-12(22)20-6-4-5-19-11-8-9(14(16,17)18)7-10(15)21-11/h7-8H,4-6H2,1-3H3,(H,19,21)(H,20,22). The highest BCUT2D eigenvalue weighted by molar-refractivity contribution is 6.29. The van der Waals surface area contributed by atoms with Crippen molar-refractivity contribution < 1.29 is 22.7 Å². The maximum Gasteiger partial charge on any atom is 0.416 e. The van der Waals surface area contributed by atoms with Crippen molar-refractivity contribution in [3.63, 3.8) is 0 Å². The molecule has 0 saturated heterocycles. The molecule has 0 bridgehead atoms. The molecule has 1 aromatic heterocycles. The van der Waals surface area contributed by atoms with E-state index in [9.17, 15) is 18.0 Å². The number of carbonyl (C=O) groups excluding carboxylic acids is 1. The molecule has 0 unspecified atom stereocenters. The van der Waals surface area contributed by atoms with E-state index in [1.165, 1.54) is 0 Å². The lowest BCUT2D eigenvalue weighted by molar-refractivity contribution is -0.137. The number of rotatable bonds is 5. The molecule has 0 saturated carbocycles. The Morgan fingerprint density at radius 3 is 2.48 bits per heavy atom. The van der Waals surface area contributed by atoms with Crippen LogP contribution in [0.4, 0.5) is 23.8 Å². The van der Waals surface area contributed by atoms with Gasteiger partial charge in [-0.2, -0.15) is 13.2 Å². The fourth-order valence-corrected chi connectivity index (χ4v) is 1.77. The molecule has 0 aliphatic heterocycles. The Labute approximate surface area is 137 Å². The summed E-state index contributed by atoms with van der Waals surface area (Å²) >= 11 is 5.57. The smallest absolute Gasteiger partial charge is 0.416 e. The molecule has 130 valence electrons. The summed E-state index contributed by atoms with van der Waals surface area (Å²) in [6, 6.07) is 1.64. The zero-order valence-corrected chi connectivity index (χ0v) is 13.8. The predicted molar refractivity (Wildman–Crippen MR) is 81.6 cm³/mol. The summed E-state index contributed by atoms with van der Waals surface area (Å²) in [7, 11) is 0. The van der Waals surface area contributed by atoms with Gasteiger partial charge >= 0.3 is 12.3 Å². The summed E-state index contributed by atoms with van der Waals surface area (Å²) in [5.41, 5.74) is -1.45. The van der Waals surface area contributed by atoms with E-state index in [0.29, 0.717) is 19.5 Å². The van der Waals surface area contributed by atoms with E-state index in [2.05, 4.69) is 15.6 Å². The maximum absolute atomic E-state index is 12.6. The van der Waals surface area contributed by atoms with Gasteiger partial charge in [0.1, 0.15) is 16.6 Å². The number of pyridine rings is 1. The normalized spacial score (nSPS) is 12.0. The molecular weight excluding hydrogens is 335 g/mol. The predicted octanol–water partition coefficient (Wildman–Crippen LogP) is 4.08. The Morgan fingerprint density at radius 2 is 1.91 bits per heavy atom. The van der Waals surface area contributed by atoms with E-state index < -0.39 is 23.4 Å². The molecule has 0 atom stereocenters. The van der Waals surface area contributed by atoms with Crippen LogP contribution in [-0.2, 0) is 10.9 Å². The van der Waals surface area contributed by atoms with Crippen molar-refractivity contribution in [3.8, 4) is 0 Å². The van der Waals surface area contributed by atoms with Gasteiger partial charge in [-0.1, -0.05) is 11.6 Å². The minimum absolute atomic E-state index is 0.0297. The average molecular weight is 354 g/mol. The molecule has 5 nitrogen and oxygen atoms in total. The number of carbonyl (C=O) groups is 1. The molecule has 0 fully saturated rings.